The van der Waals surface area contributed by atoms with Gasteiger partial charge in [0.1, 0.15) is 11.9 Å². The van der Waals surface area contributed by atoms with Crippen molar-refractivity contribution in [1.82, 2.24) is 10.2 Å². The number of likely N-dealkylation sites (N-methyl/N-ethyl adjacent to an activating group) is 1. The summed E-state index contributed by atoms with van der Waals surface area (Å²) < 4.78 is 40.9. The van der Waals surface area contributed by atoms with E-state index < -0.39 is 21.9 Å². The molecule has 0 bridgehead atoms. The predicted octanol–water partition coefficient (Wildman–Crippen LogP) is 4.07. The third kappa shape index (κ3) is 7.89. The van der Waals surface area contributed by atoms with E-state index in [4.69, 9.17) is 0 Å². The number of benzene rings is 3. The van der Waals surface area contributed by atoms with Crippen LogP contribution in [0.1, 0.15) is 29.5 Å². The molecule has 0 spiro atoms. The van der Waals surface area contributed by atoms with E-state index in [1.165, 1.54) is 22.3 Å². The minimum Gasteiger partial charge on any atom is -0.357 e. The van der Waals surface area contributed by atoms with Crippen LogP contribution in [0.2, 0.25) is 0 Å². The van der Waals surface area contributed by atoms with Crippen molar-refractivity contribution in [2.24, 2.45) is 0 Å². The SMILES string of the molecule is CNC(=O)[C@H](Cc1ccccc1)N(Cc1ccccc1F)C(=O)CCCN(c1cccc(C)c1)S(C)(=O)=O. The molecule has 3 aromatic carbocycles. The van der Waals surface area contributed by atoms with Crippen molar-refractivity contribution in [1.29, 1.82) is 0 Å². The molecule has 7 nitrogen and oxygen atoms in total. The van der Waals surface area contributed by atoms with Crippen LogP contribution in [0.25, 0.3) is 0 Å². The van der Waals surface area contributed by atoms with Crippen LogP contribution >= 0.6 is 0 Å². The summed E-state index contributed by atoms with van der Waals surface area (Å²) in [4.78, 5) is 28.0. The molecule has 0 aliphatic heterocycles. The Kier molecular flexibility index (Phi) is 10.0. The largest absolute Gasteiger partial charge is 0.357 e. The van der Waals surface area contributed by atoms with E-state index in [0.29, 0.717) is 11.3 Å². The van der Waals surface area contributed by atoms with E-state index in [9.17, 15) is 22.4 Å². The number of amides is 2. The number of hydrogen-bond donors (Lipinski definition) is 1. The Morgan fingerprint density at radius 1 is 0.974 bits per heavy atom. The van der Waals surface area contributed by atoms with Gasteiger partial charge in [-0.3, -0.25) is 13.9 Å². The molecule has 9 heteroatoms. The van der Waals surface area contributed by atoms with Gasteiger partial charge in [0.05, 0.1) is 11.9 Å². The van der Waals surface area contributed by atoms with Gasteiger partial charge in [-0.05, 0) is 42.7 Å². The van der Waals surface area contributed by atoms with Gasteiger partial charge in [-0.2, -0.15) is 0 Å². The molecule has 0 heterocycles. The molecule has 1 N–H and O–H groups in total. The summed E-state index contributed by atoms with van der Waals surface area (Å²) in [7, 11) is -2.09. The Labute approximate surface area is 224 Å². The molecule has 3 rings (SSSR count). The van der Waals surface area contributed by atoms with Crippen molar-refractivity contribution < 1.29 is 22.4 Å². The van der Waals surface area contributed by atoms with Crippen LogP contribution < -0.4 is 9.62 Å². The molecular weight excluding hydrogens is 505 g/mol. The van der Waals surface area contributed by atoms with Crippen molar-refractivity contribution in [3.8, 4) is 0 Å². The van der Waals surface area contributed by atoms with Crippen LogP contribution in [0.3, 0.4) is 0 Å². The van der Waals surface area contributed by atoms with Crippen LogP contribution in [0.15, 0.2) is 78.9 Å². The maximum absolute atomic E-state index is 14.6. The monoisotopic (exact) mass is 539 g/mol. The first-order valence-corrected chi connectivity index (χ1v) is 14.3. The summed E-state index contributed by atoms with van der Waals surface area (Å²) in [6.07, 6.45) is 1.58. The molecule has 202 valence electrons. The lowest BCUT2D eigenvalue weighted by molar-refractivity contribution is -0.141. The Morgan fingerprint density at radius 3 is 2.29 bits per heavy atom. The van der Waals surface area contributed by atoms with Crippen molar-refractivity contribution in [3.63, 3.8) is 0 Å². The quantitative estimate of drug-likeness (QED) is 0.376. The van der Waals surface area contributed by atoms with Crippen molar-refractivity contribution in [2.75, 3.05) is 24.2 Å². The van der Waals surface area contributed by atoms with E-state index in [2.05, 4.69) is 5.32 Å². The second-order valence-electron chi connectivity index (χ2n) is 9.21. The van der Waals surface area contributed by atoms with Crippen molar-refractivity contribution in [3.05, 3.63) is 101 Å². The molecule has 0 saturated carbocycles. The zero-order valence-electron chi connectivity index (χ0n) is 21.9. The summed E-state index contributed by atoms with van der Waals surface area (Å²) in [6.45, 7) is 1.87. The molecule has 0 radical (unpaired) electrons. The van der Waals surface area contributed by atoms with E-state index in [1.807, 2.05) is 43.3 Å². The Balaban J connectivity index is 1.85. The Hall–Kier alpha value is -3.72. The molecular formula is C29H34FN3O4S. The first kappa shape index (κ1) is 28.8. The number of nitrogens with zero attached hydrogens (tertiary/aromatic N) is 2. The number of carbonyl (C=O) groups is 2. The van der Waals surface area contributed by atoms with Gasteiger partial charge < -0.3 is 10.2 Å². The van der Waals surface area contributed by atoms with Gasteiger partial charge in [-0.15, -0.1) is 0 Å². The summed E-state index contributed by atoms with van der Waals surface area (Å²) in [6, 6.07) is 21.7. The standard InChI is InChI=1S/C29H34FN3O4S/c1-22-11-9-15-25(19-22)33(38(3,36)37)18-10-17-28(34)32(21-24-14-7-8-16-26(24)30)27(29(35)31-2)20-23-12-5-4-6-13-23/h4-9,11-16,19,27H,10,17-18,20-21H2,1-3H3,(H,31,35)/t27-/m0/s1. The maximum atomic E-state index is 14.6. The highest BCUT2D eigenvalue weighted by Gasteiger charge is 2.30. The van der Waals surface area contributed by atoms with Gasteiger partial charge >= 0.3 is 0 Å². The first-order chi connectivity index (χ1) is 18.1. The number of carbonyl (C=O) groups excluding carboxylic acids is 2. The fourth-order valence-electron chi connectivity index (χ4n) is 4.32. The zero-order valence-corrected chi connectivity index (χ0v) is 22.7. The second kappa shape index (κ2) is 13.2. The van der Waals surface area contributed by atoms with Crippen LogP contribution in [0, 0.1) is 12.7 Å². The van der Waals surface area contributed by atoms with E-state index in [0.717, 1.165) is 17.4 Å². The fraction of sp³-hybridized carbons (Fsp3) is 0.310. The van der Waals surface area contributed by atoms with E-state index in [1.54, 1.807) is 36.4 Å². The van der Waals surface area contributed by atoms with Crippen LogP contribution in [-0.4, -0.2) is 51.0 Å². The average molecular weight is 540 g/mol. The highest BCUT2D eigenvalue weighted by molar-refractivity contribution is 7.92. The topological polar surface area (TPSA) is 86.8 Å². The van der Waals surface area contributed by atoms with Gasteiger partial charge in [0, 0.05) is 38.5 Å². The molecule has 0 unspecified atom stereocenters. The van der Waals surface area contributed by atoms with Crippen LogP contribution in [-0.2, 0) is 32.6 Å². The first-order valence-electron chi connectivity index (χ1n) is 12.4. The summed E-state index contributed by atoms with van der Waals surface area (Å²) in [5.41, 5.74) is 2.59. The van der Waals surface area contributed by atoms with Gasteiger partial charge in [-0.1, -0.05) is 60.7 Å². The van der Waals surface area contributed by atoms with Crippen LogP contribution in [0.5, 0.6) is 0 Å². The third-order valence-electron chi connectivity index (χ3n) is 6.26. The lowest BCUT2D eigenvalue weighted by atomic mass is 10.0. The molecule has 38 heavy (non-hydrogen) atoms. The number of halogens is 1. The minimum absolute atomic E-state index is 0.0193. The molecule has 0 fully saturated rings. The predicted molar refractivity (Wildman–Crippen MR) is 148 cm³/mol. The normalized spacial score (nSPS) is 12.0. The Morgan fingerprint density at radius 2 is 1.66 bits per heavy atom. The third-order valence-corrected chi connectivity index (χ3v) is 7.45. The molecule has 2 amide bonds. The highest BCUT2D eigenvalue weighted by atomic mass is 32.2. The van der Waals surface area contributed by atoms with Crippen molar-refractivity contribution >= 4 is 27.5 Å². The molecule has 0 aliphatic carbocycles. The summed E-state index contributed by atoms with van der Waals surface area (Å²) >= 11 is 0. The van der Waals surface area contributed by atoms with Crippen LogP contribution in [0.4, 0.5) is 10.1 Å². The zero-order chi connectivity index (χ0) is 27.7. The lowest BCUT2D eigenvalue weighted by Crippen LogP contribution is -2.50. The summed E-state index contributed by atoms with van der Waals surface area (Å²) in [5.74, 6) is -1.20. The molecule has 1 atom stereocenters. The number of hydrogen-bond acceptors (Lipinski definition) is 4. The van der Waals surface area contributed by atoms with Gasteiger partial charge in [0.2, 0.25) is 21.8 Å². The van der Waals surface area contributed by atoms with E-state index >= 15 is 0 Å². The maximum Gasteiger partial charge on any atom is 0.242 e. The van der Waals surface area contributed by atoms with Gasteiger partial charge in [-0.25, -0.2) is 12.8 Å². The Bertz CT molecular complexity index is 1350. The number of aryl methyl sites for hydroxylation is 1. The van der Waals surface area contributed by atoms with Gasteiger partial charge in [0.25, 0.3) is 0 Å². The van der Waals surface area contributed by atoms with Crippen molar-refractivity contribution in [2.45, 2.75) is 38.8 Å². The fourth-order valence-corrected chi connectivity index (χ4v) is 5.27. The molecule has 0 saturated heterocycles. The number of anilines is 1. The van der Waals surface area contributed by atoms with Gasteiger partial charge in [0.15, 0.2) is 0 Å². The number of sulfonamides is 1. The molecule has 3 aromatic rings. The molecule has 0 aromatic heterocycles. The minimum atomic E-state index is -3.59. The number of nitrogens with one attached hydrogen (secondary N) is 1. The average Bonchev–Trinajstić information content (AvgIpc) is 2.89. The molecule has 0 aliphatic rings. The lowest BCUT2D eigenvalue weighted by Gasteiger charge is -2.31. The summed E-state index contributed by atoms with van der Waals surface area (Å²) in [5, 5.41) is 2.63. The van der Waals surface area contributed by atoms with E-state index in [-0.39, 0.29) is 44.2 Å². The number of rotatable bonds is 12. The smallest absolute Gasteiger partial charge is 0.242 e. The highest BCUT2D eigenvalue weighted by Crippen LogP contribution is 2.21. The second-order valence-corrected chi connectivity index (χ2v) is 11.1.